The molecule has 0 aliphatic carbocycles. The molecule has 2 heterocycles. The summed E-state index contributed by atoms with van der Waals surface area (Å²) in [5.41, 5.74) is 0. The van der Waals surface area contributed by atoms with Gasteiger partial charge < -0.3 is 9.64 Å². The standard InChI is InChI=1S/C13H15IN2O2/c14-10-1-3-12(4-2-10)18-13(17)16-8-7-15-6-5-11(16)9-15/h1-4,11H,5-9H2. The molecule has 0 saturated carbocycles. The highest BCUT2D eigenvalue weighted by atomic mass is 127. The first-order valence-electron chi connectivity index (χ1n) is 6.19. The second kappa shape index (κ2) is 5.05. The van der Waals surface area contributed by atoms with Crippen molar-refractivity contribution in [1.82, 2.24) is 9.80 Å². The third-order valence-electron chi connectivity index (χ3n) is 3.60. The van der Waals surface area contributed by atoms with Crippen LogP contribution in [0.5, 0.6) is 5.75 Å². The average molecular weight is 358 g/mol. The fraction of sp³-hybridized carbons (Fsp3) is 0.462. The van der Waals surface area contributed by atoms with E-state index in [-0.39, 0.29) is 6.09 Å². The Labute approximate surface area is 120 Å². The Kier molecular flexibility index (Phi) is 3.43. The van der Waals surface area contributed by atoms with Crippen molar-refractivity contribution in [3.05, 3.63) is 27.8 Å². The van der Waals surface area contributed by atoms with Crippen LogP contribution in [0.25, 0.3) is 0 Å². The van der Waals surface area contributed by atoms with Crippen molar-refractivity contribution in [2.75, 3.05) is 26.2 Å². The van der Waals surface area contributed by atoms with Crippen LogP contribution in [0.2, 0.25) is 0 Å². The molecule has 1 aromatic carbocycles. The van der Waals surface area contributed by atoms with Crippen LogP contribution in [0.1, 0.15) is 6.42 Å². The van der Waals surface area contributed by atoms with Gasteiger partial charge in [-0.25, -0.2) is 4.79 Å². The van der Waals surface area contributed by atoms with Gasteiger partial charge in [0.05, 0.1) is 0 Å². The van der Waals surface area contributed by atoms with E-state index in [2.05, 4.69) is 27.5 Å². The highest BCUT2D eigenvalue weighted by Gasteiger charge is 2.35. The summed E-state index contributed by atoms with van der Waals surface area (Å²) >= 11 is 2.23. The van der Waals surface area contributed by atoms with Gasteiger partial charge in [-0.3, -0.25) is 4.90 Å². The number of benzene rings is 1. The van der Waals surface area contributed by atoms with Crippen molar-refractivity contribution in [3.63, 3.8) is 0 Å². The van der Waals surface area contributed by atoms with Gasteiger partial charge in [0.15, 0.2) is 0 Å². The zero-order valence-electron chi connectivity index (χ0n) is 10.0. The number of amides is 1. The van der Waals surface area contributed by atoms with Crippen molar-refractivity contribution in [2.24, 2.45) is 0 Å². The number of ether oxygens (including phenoxy) is 1. The molecule has 1 aromatic rings. The molecule has 0 aromatic heterocycles. The Morgan fingerprint density at radius 2 is 2.00 bits per heavy atom. The summed E-state index contributed by atoms with van der Waals surface area (Å²) in [6.45, 7) is 3.87. The summed E-state index contributed by atoms with van der Waals surface area (Å²) in [6, 6.07) is 7.90. The largest absolute Gasteiger partial charge is 0.415 e. The van der Waals surface area contributed by atoms with Gasteiger partial charge in [0.25, 0.3) is 0 Å². The normalized spacial score (nSPS) is 26.2. The second-order valence-corrected chi connectivity index (χ2v) is 6.00. The lowest BCUT2D eigenvalue weighted by Gasteiger charge is -2.33. The first kappa shape index (κ1) is 12.2. The molecule has 5 heteroatoms. The third-order valence-corrected chi connectivity index (χ3v) is 4.32. The summed E-state index contributed by atoms with van der Waals surface area (Å²) in [4.78, 5) is 16.4. The average Bonchev–Trinajstić information content (AvgIpc) is 2.74. The minimum atomic E-state index is -0.206. The van der Waals surface area contributed by atoms with Gasteiger partial charge in [-0.1, -0.05) is 0 Å². The maximum atomic E-state index is 12.1. The molecule has 2 fully saturated rings. The number of rotatable bonds is 1. The molecular weight excluding hydrogens is 343 g/mol. The summed E-state index contributed by atoms with van der Waals surface area (Å²) in [5, 5.41) is 0. The van der Waals surface area contributed by atoms with Gasteiger partial charge in [-0.2, -0.15) is 0 Å². The van der Waals surface area contributed by atoms with Gasteiger partial charge in [0.1, 0.15) is 5.75 Å². The van der Waals surface area contributed by atoms with Gasteiger partial charge >= 0.3 is 6.09 Å². The molecule has 0 N–H and O–H groups in total. The minimum Gasteiger partial charge on any atom is -0.410 e. The Balaban J connectivity index is 1.66. The molecular formula is C13H15IN2O2. The van der Waals surface area contributed by atoms with Crippen molar-refractivity contribution in [2.45, 2.75) is 12.5 Å². The maximum absolute atomic E-state index is 12.1. The van der Waals surface area contributed by atoms with Crippen LogP contribution in [-0.4, -0.2) is 48.1 Å². The number of carbonyl (C=O) groups is 1. The fourth-order valence-electron chi connectivity index (χ4n) is 2.60. The van der Waals surface area contributed by atoms with Crippen LogP contribution >= 0.6 is 22.6 Å². The summed E-state index contributed by atoms with van der Waals surface area (Å²) in [5.74, 6) is 0.626. The first-order chi connectivity index (χ1) is 8.72. The number of nitrogens with zero attached hydrogens (tertiary/aromatic N) is 2. The molecule has 2 atom stereocenters. The Hall–Kier alpha value is -0.820. The summed E-state index contributed by atoms with van der Waals surface area (Å²) in [6.07, 6.45) is 0.865. The number of carbonyl (C=O) groups excluding carboxylic acids is 1. The number of hydrogen-bond acceptors (Lipinski definition) is 3. The highest BCUT2D eigenvalue weighted by Crippen LogP contribution is 2.22. The van der Waals surface area contributed by atoms with Gasteiger partial charge in [0.2, 0.25) is 0 Å². The monoisotopic (exact) mass is 358 g/mol. The molecule has 2 bridgehead atoms. The SMILES string of the molecule is O=C(Oc1ccc(I)cc1)N1CCN2CCC1C2. The molecule has 2 aliphatic heterocycles. The van der Waals surface area contributed by atoms with Crippen LogP contribution < -0.4 is 4.74 Å². The van der Waals surface area contributed by atoms with Crippen LogP contribution in [0.15, 0.2) is 24.3 Å². The smallest absolute Gasteiger partial charge is 0.410 e. The van der Waals surface area contributed by atoms with Crippen LogP contribution in [-0.2, 0) is 0 Å². The van der Waals surface area contributed by atoms with E-state index in [1.807, 2.05) is 29.2 Å². The quantitative estimate of drug-likeness (QED) is 0.722. The number of fused-ring (bicyclic) bond motifs is 2. The lowest BCUT2D eigenvalue weighted by molar-refractivity contribution is 0.109. The predicted octanol–water partition coefficient (Wildman–Crippen LogP) is 2.18. The molecule has 0 radical (unpaired) electrons. The second-order valence-electron chi connectivity index (χ2n) is 4.76. The van der Waals surface area contributed by atoms with E-state index in [1.165, 1.54) is 0 Å². The van der Waals surface area contributed by atoms with Crippen LogP contribution in [0, 0.1) is 3.57 Å². The topological polar surface area (TPSA) is 32.8 Å². The van der Waals surface area contributed by atoms with Gasteiger partial charge in [-0.05, 0) is 53.3 Å². The van der Waals surface area contributed by atoms with Gasteiger partial charge in [0, 0.05) is 35.8 Å². The van der Waals surface area contributed by atoms with Gasteiger partial charge in [-0.15, -0.1) is 0 Å². The van der Waals surface area contributed by atoms with E-state index in [4.69, 9.17) is 4.74 Å². The molecule has 96 valence electrons. The van der Waals surface area contributed by atoms with E-state index in [0.29, 0.717) is 11.8 Å². The molecule has 18 heavy (non-hydrogen) atoms. The molecule has 2 unspecified atom stereocenters. The maximum Gasteiger partial charge on any atom is 0.415 e. The predicted molar refractivity (Wildman–Crippen MR) is 76.7 cm³/mol. The van der Waals surface area contributed by atoms with E-state index in [0.717, 1.165) is 36.2 Å². The van der Waals surface area contributed by atoms with Crippen LogP contribution in [0.4, 0.5) is 4.79 Å². The number of piperazine rings is 1. The molecule has 1 amide bonds. The molecule has 4 nitrogen and oxygen atoms in total. The molecule has 2 saturated heterocycles. The lowest BCUT2D eigenvalue weighted by atomic mass is 10.2. The van der Waals surface area contributed by atoms with Crippen molar-refractivity contribution in [3.8, 4) is 5.75 Å². The van der Waals surface area contributed by atoms with Crippen molar-refractivity contribution >= 4 is 28.7 Å². The minimum absolute atomic E-state index is 0.206. The lowest BCUT2D eigenvalue weighted by Crippen LogP contribution is -2.50. The number of hydrogen-bond donors (Lipinski definition) is 0. The Morgan fingerprint density at radius 3 is 2.78 bits per heavy atom. The molecule has 2 aliphatic rings. The highest BCUT2D eigenvalue weighted by molar-refractivity contribution is 14.1. The molecule has 3 rings (SSSR count). The van der Waals surface area contributed by atoms with E-state index in [1.54, 1.807) is 0 Å². The summed E-state index contributed by atoms with van der Waals surface area (Å²) < 4.78 is 6.56. The van der Waals surface area contributed by atoms with Crippen molar-refractivity contribution in [1.29, 1.82) is 0 Å². The van der Waals surface area contributed by atoms with Crippen molar-refractivity contribution < 1.29 is 9.53 Å². The third kappa shape index (κ3) is 2.47. The summed E-state index contributed by atoms with van der Waals surface area (Å²) in [7, 11) is 0. The molecule has 0 spiro atoms. The number of halogens is 1. The van der Waals surface area contributed by atoms with E-state index < -0.39 is 0 Å². The van der Waals surface area contributed by atoms with Crippen LogP contribution in [0.3, 0.4) is 0 Å². The zero-order valence-corrected chi connectivity index (χ0v) is 12.2. The first-order valence-corrected chi connectivity index (χ1v) is 7.26. The Bertz CT molecular complexity index is 449. The van der Waals surface area contributed by atoms with E-state index in [9.17, 15) is 4.79 Å². The Morgan fingerprint density at radius 1 is 1.22 bits per heavy atom. The zero-order chi connectivity index (χ0) is 12.5. The van der Waals surface area contributed by atoms with E-state index >= 15 is 0 Å². The fourth-order valence-corrected chi connectivity index (χ4v) is 2.96.